The topological polar surface area (TPSA) is 80.0 Å². The van der Waals surface area contributed by atoms with Gasteiger partial charge < -0.3 is 10.4 Å². The van der Waals surface area contributed by atoms with E-state index < -0.39 is 11.5 Å². The smallest absolute Gasteiger partial charge is 0.255 e. The molecule has 23 heavy (non-hydrogen) atoms. The maximum atomic E-state index is 12.5. The van der Waals surface area contributed by atoms with Crippen molar-refractivity contribution >= 4 is 5.91 Å². The molecule has 0 saturated carbocycles. The average molecular weight is 316 g/mol. The van der Waals surface area contributed by atoms with E-state index in [9.17, 15) is 9.90 Å². The standard InChI is InChI=1S/C17H24N4O2/c1-12(2)14(22)17(3,4)11-19-16(23)13-7-5-8-18-15(13)21-10-6-9-20-21/h5-10,12,14,22H,11H2,1-4H3,(H,19,23). The number of carbonyl (C=O) groups excluding carboxylic acids is 1. The highest BCUT2D eigenvalue weighted by molar-refractivity contribution is 5.97. The lowest BCUT2D eigenvalue weighted by Crippen LogP contribution is -2.43. The second-order valence-corrected chi connectivity index (χ2v) is 6.69. The molecule has 0 fully saturated rings. The third-order valence-electron chi connectivity index (χ3n) is 3.89. The van der Waals surface area contributed by atoms with E-state index in [0.717, 1.165) is 0 Å². The summed E-state index contributed by atoms with van der Waals surface area (Å²) in [6, 6.07) is 5.21. The predicted octanol–water partition coefficient (Wildman–Crippen LogP) is 2.04. The van der Waals surface area contributed by atoms with Crippen molar-refractivity contribution in [3.8, 4) is 5.82 Å². The number of amides is 1. The first-order chi connectivity index (χ1) is 10.8. The summed E-state index contributed by atoms with van der Waals surface area (Å²) < 4.78 is 1.56. The van der Waals surface area contributed by atoms with Crippen molar-refractivity contribution in [2.24, 2.45) is 11.3 Å². The van der Waals surface area contributed by atoms with Gasteiger partial charge in [0.05, 0.1) is 11.7 Å². The van der Waals surface area contributed by atoms with E-state index in [1.165, 1.54) is 0 Å². The lowest BCUT2D eigenvalue weighted by Gasteiger charge is -2.33. The van der Waals surface area contributed by atoms with Crippen molar-refractivity contribution in [1.82, 2.24) is 20.1 Å². The van der Waals surface area contributed by atoms with Gasteiger partial charge in [0.25, 0.3) is 5.91 Å². The summed E-state index contributed by atoms with van der Waals surface area (Å²) in [6.45, 7) is 8.18. The van der Waals surface area contributed by atoms with Crippen molar-refractivity contribution in [1.29, 1.82) is 0 Å². The monoisotopic (exact) mass is 316 g/mol. The minimum atomic E-state index is -0.498. The Morgan fingerprint density at radius 1 is 1.35 bits per heavy atom. The number of aliphatic hydroxyl groups is 1. The molecule has 1 unspecified atom stereocenters. The van der Waals surface area contributed by atoms with E-state index in [-0.39, 0.29) is 11.8 Å². The molecule has 1 atom stereocenters. The zero-order valence-electron chi connectivity index (χ0n) is 14.0. The van der Waals surface area contributed by atoms with Gasteiger partial charge in [-0.25, -0.2) is 9.67 Å². The van der Waals surface area contributed by atoms with Gasteiger partial charge in [-0.3, -0.25) is 4.79 Å². The number of aliphatic hydroxyl groups excluding tert-OH is 1. The second-order valence-electron chi connectivity index (χ2n) is 6.69. The maximum absolute atomic E-state index is 12.5. The molecule has 2 aromatic rings. The third kappa shape index (κ3) is 3.96. The number of hydrogen-bond donors (Lipinski definition) is 2. The molecule has 0 aliphatic heterocycles. The van der Waals surface area contributed by atoms with Crippen molar-refractivity contribution in [2.75, 3.05) is 6.54 Å². The Kier molecular flexibility index (Phi) is 5.15. The highest BCUT2D eigenvalue weighted by Gasteiger charge is 2.30. The summed E-state index contributed by atoms with van der Waals surface area (Å²) in [7, 11) is 0. The molecule has 0 spiro atoms. The molecule has 2 N–H and O–H groups in total. The summed E-state index contributed by atoms with van der Waals surface area (Å²) in [4.78, 5) is 16.8. The van der Waals surface area contributed by atoms with Crippen LogP contribution in [0.5, 0.6) is 0 Å². The van der Waals surface area contributed by atoms with Crippen LogP contribution >= 0.6 is 0 Å². The van der Waals surface area contributed by atoms with Gasteiger partial charge in [0.15, 0.2) is 5.82 Å². The first-order valence-electron chi connectivity index (χ1n) is 7.74. The van der Waals surface area contributed by atoms with Gasteiger partial charge in [-0.15, -0.1) is 0 Å². The quantitative estimate of drug-likeness (QED) is 0.854. The Labute approximate surface area is 136 Å². The summed E-state index contributed by atoms with van der Waals surface area (Å²) in [5.41, 5.74) is 0.0313. The van der Waals surface area contributed by atoms with E-state index in [1.807, 2.05) is 27.7 Å². The predicted molar refractivity (Wildman–Crippen MR) is 88.3 cm³/mol. The van der Waals surface area contributed by atoms with Crippen LogP contribution in [0.1, 0.15) is 38.1 Å². The van der Waals surface area contributed by atoms with Crippen LogP contribution in [0, 0.1) is 11.3 Å². The van der Waals surface area contributed by atoms with Crippen LogP contribution in [-0.2, 0) is 0 Å². The fourth-order valence-electron chi connectivity index (χ4n) is 2.56. The number of carbonyl (C=O) groups is 1. The fourth-order valence-corrected chi connectivity index (χ4v) is 2.56. The molecule has 6 heteroatoms. The van der Waals surface area contributed by atoms with Crippen LogP contribution in [-0.4, -0.2) is 38.4 Å². The van der Waals surface area contributed by atoms with Crippen molar-refractivity contribution in [3.63, 3.8) is 0 Å². The van der Waals surface area contributed by atoms with Crippen LogP contribution < -0.4 is 5.32 Å². The van der Waals surface area contributed by atoms with Gasteiger partial charge in [-0.1, -0.05) is 27.7 Å². The molecule has 2 heterocycles. The molecule has 0 aliphatic carbocycles. The van der Waals surface area contributed by atoms with E-state index >= 15 is 0 Å². The zero-order chi connectivity index (χ0) is 17.0. The van der Waals surface area contributed by atoms with E-state index in [0.29, 0.717) is 17.9 Å². The Hall–Kier alpha value is -2.21. The molecule has 0 saturated heterocycles. The van der Waals surface area contributed by atoms with Gasteiger partial charge in [-0.05, 0) is 24.1 Å². The molecule has 0 aromatic carbocycles. The Bertz CT molecular complexity index is 650. The number of rotatable bonds is 6. The first kappa shape index (κ1) is 17.1. The Balaban J connectivity index is 2.14. The number of nitrogens with zero attached hydrogens (tertiary/aromatic N) is 3. The Morgan fingerprint density at radius 2 is 2.09 bits per heavy atom. The molecule has 124 valence electrons. The molecule has 0 radical (unpaired) electrons. The summed E-state index contributed by atoms with van der Waals surface area (Å²) in [5, 5.41) is 17.3. The molecule has 0 aliphatic rings. The molecular weight excluding hydrogens is 292 g/mol. The lowest BCUT2D eigenvalue weighted by molar-refractivity contribution is 0.0138. The van der Waals surface area contributed by atoms with Crippen LogP contribution in [0.3, 0.4) is 0 Å². The summed E-state index contributed by atoms with van der Waals surface area (Å²) in [6.07, 6.45) is 4.51. The second kappa shape index (κ2) is 6.91. The van der Waals surface area contributed by atoms with Crippen LogP contribution in [0.4, 0.5) is 0 Å². The molecule has 2 aromatic heterocycles. The van der Waals surface area contributed by atoms with E-state index in [4.69, 9.17) is 0 Å². The minimum absolute atomic E-state index is 0.125. The zero-order valence-corrected chi connectivity index (χ0v) is 14.0. The van der Waals surface area contributed by atoms with Crippen LogP contribution in [0.15, 0.2) is 36.8 Å². The lowest BCUT2D eigenvalue weighted by atomic mass is 9.80. The van der Waals surface area contributed by atoms with Crippen molar-refractivity contribution in [2.45, 2.75) is 33.8 Å². The van der Waals surface area contributed by atoms with Gasteiger partial charge in [0.1, 0.15) is 0 Å². The first-order valence-corrected chi connectivity index (χ1v) is 7.74. The van der Waals surface area contributed by atoms with Crippen LogP contribution in [0.25, 0.3) is 5.82 Å². The average Bonchev–Trinajstić information content (AvgIpc) is 3.06. The molecular formula is C17H24N4O2. The molecule has 0 bridgehead atoms. The summed E-state index contributed by atoms with van der Waals surface area (Å²) >= 11 is 0. The molecule has 2 rings (SSSR count). The van der Waals surface area contributed by atoms with E-state index in [2.05, 4.69) is 15.4 Å². The molecule has 1 amide bonds. The number of pyridine rings is 1. The Morgan fingerprint density at radius 3 is 2.70 bits per heavy atom. The number of nitrogens with one attached hydrogen (secondary N) is 1. The number of hydrogen-bond acceptors (Lipinski definition) is 4. The maximum Gasteiger partial charge on any atom is 0.255 e. The SMILES string of the molecule is CC(C)C(O)C(C)(C)CNC(=O)c1cccnc1-n1cccn1. The highest BCUT2D eigenvalue weighted by atomic mass is 16.3. The normalized spacial score (nSPS) is 13.1. The molecule has 6 nitrogen and oxygen atoms in total. The van der Waals surface area contributed by atoms with Crippen LogP contribution in [0.2, 0.25) is 0 Å². The fraction of sp³-hybridized carbons (Fsp3) is 0.471. The minimum Gasteiger partial charge on any atom is -0.392 e. The van der Waals surface area contributed by atoms with Gasteiger partial charge in [0, 0.05) is 30.6 Å². The van der Waals surface area contributed by atoms with Gasteiger partial charge in [-0.2, -0.15) is 5.10 Å². The third-order valence-corrected chi connectivity index (χ3v) is 3.89. The van der Waals surface area contributed by atoms with Crippen molar-refractivity contribution < 1.29 is 9.90 Å². The number of aromatic nitrogens is 3. The summed E-state index contributed by atoms with van der Waals surface area (Å²) in [5.74, 6) is 0.379. The largest absolute Gasteiger partial charge is 0.392 e. The van der Waals surface area contributed by atoms with Crippen molar-refractivity contribution in [3.05, 3.63) is 42.4 Å². The highest BCUT2D eigenvalue weighted by Crippen LogP contribution is 2.25. The van der Waals surface area contributed by atoms with Gasteiger partial charge in [0.2, 0.25) is 0 Å². The van der Waals surface area contributed by atoms with E-state index in [1.54, 1.807) is 41.5 Å². The van der Waals surface area contributed by atoms with Gasteiger partial charge >= 0.3 is 0 Å².